The van der Waals surface area contributed by atoms with Crippen LogP contribution in [0.2, 0.25) is 0 Å². The van der Waals surface area contributed by atoms with Gasteiger partial charge in [0.15, 0.2) is 6.61 Å². The summed E-state index contributed by atoms with van der Waals surface area (Å²) in [5, 5.41) is 0. The third-order valence-corrected chi connectivity index (χ3v) is 4.42. The number of likely N-dealkylation sites (tertiary alicyclic amines) is 1. The maximum absolute atomic E-state index is 12.3. The van der Waals surface area contributed by atoms with E-state index in [0.29, 0.717) is 5.56 Å². The van der Waals surface area contributed by atoms with Gasteiger partial charge in [-0.2, -0.15) is 0 Å². The van der Waals surface area contributed by atoms with Crippen molar-refractivity contribution in [2.45, 2.75) is 45.2 Å². The Morgan fingerprint density at radius 1 is 1.19 bits per heavy atom. The van der Waals surface area contributed by atoms with E-state index < -0.39 is 5.97 Å². The van der Waals surface area contributed by atoms with Crippen molar-refractivity contribution < 1.29 is 14.3 Å². The monoisotopic (exact) mass is 353 g/mol. The van der Waals surface area contributed by atoms with Crippen LogP contribution in [0.25, 0.3) is 0 Å². The van der Waals surface area contributed by atoms with E-state index in [2.05, 4.69) is 15.9 Å². The van der Waals surface area contributed by atoms with Gasteiger partial charge in [0.1, 0.15) is 0 Å². The highest BCUT2D eigenvalue weighted by Gasteiger charge is 2.29. The summed E-state index contributed by atoms with van der Waals surface area (Å²) in [6.45, 7) is 3.90. The minimum Gasteiger partial charge on any atom is -0.452 e. The molecule has 1 fully saturated rings. The van der Waals surface area contributed by atoms with Gasteiger partial charge in [-0.25, -0.2) is 4.79 Å². The summed E-state index contributed by atoms with van der Waals surface area (Å²) >= 11 is 3.31. The van der Waals surface area contributed by atoms with E-state index in [1.165, 1.54) is 0 Å². The van der Waals surface area contributed by atoms with E-state index in [-0.39, 0.29) is 24.6 Å². The summed E-state index contributed by atoms with van der Waals surface area (Å²) in [4.78, 5) is 26.0. The number of esters is 1. The fraction of sp³-hybridized carbons (Fsp3) is 0.500. The number of carbonyl (C=O) groups excluding carboxylic acids is 2. The van der Waals surface area contributed by atoms with Crippen LogP contribution in [-0.4, -0.2) is 35.5 Å². The smallest absolute Gasteiger partial charge is 0.338 e. The Labute approximate surface area is 133 Å². The van der Waals surface area contributed by atoms with Crippen molar-refractivity contribution in [2.75, 3.05) is 6.61 Å². The maximum Gasteiger partial charge on any atom is 0.338 e. The third-order valence-electron chi connectivity index (χ3n) is 3.89. The lowest BCUT2D eigenvalue weighted by Gasteiger charge is -2.38. The van der Waals surface area contributed by atoms with Gasteiger partial charge in [-0.1, -0.05) is 15.9 Å². The van der Waals surface area contributed by atoms with Gasteiger partial charge in [-0.3, -0.25) is 4.79 Å². The second-order valence-electron chi connectivity index (χ2n) is 5.51. The Kier molecular flexibility index (Phi) is 5.39. The van der Waals surface area contributed by atoms with Crippen LogP contribution in [0.5, 0.6) is 0 Å². The highest BCUT2D eigenvalue weighted by Crippen LogP contribution is 2.22. The van der Waals surface area contributed by atoms with Gasteiger partial charge in [-0.15, -0.1) is 0 Å². The summed E-state index contributed by atoms with van der Waals surface area (Å²) < 4.78 is 6.03. The molecule has 0 bridgehead atoms. The SMILES string of the molecule is C[C@@H]1CCC[C@@H](C)N1C(=O)COC(=O)c1ccc(Br)cc1. The van der Waals surface area contributed by atoms with E-state index in [0.717, 1.165) is 23.7 Å². The van der Waals surface area contributed by atoms with E-state index in [4.69, 9.17) is 4.74 Å². The van der Waals surface area contributed by atoms with E-state index in [1.54, 1.807) is 24.3 Å². The number of benzene rings is 1. The zero-order chi connectivity index (χ0) is 15.4. The quantitative estimate of drug-likeness (QED) is 0.782. The molecule has 2 atom stereocenters. The van der Waals surface area contributed by atoms with Gasteiger partial charge in [-0.05, 0) is 57.4 Å². The van der Waals surface area contributed by atoms with Crippen LogP contribution in [0.15, 0.2) is 28.7 Å². The predicted molar refractivity (Wildman–Crippen MR) is 84.0 cm³/mol. The van der Waals surface area contributed by atoms with Crippen LogP contribution < -0.4 is 0 Å². The number of nitrogens with zero attached hydrogens (tertiary/aromatic N) is 1. The molecule has 0 saturated carbocycles. The molecule has 4 nitrogen and oxygen atoms in total. The molecule has 5 heteroatoms. The Morgan fingerprint density at radius 2 is 1.76 bits per heavy atom. The number of halogens is 1. The minimum atomic E-state index is -0.465. The molecule has 1 saturated heterocycles. The van der Waals surface area contributed by atoms with Crippen LogP contribution in [0, 0.1) is 0 Å². The molecule has 0 unspecified atom stereocenters. The van der Waals surface area contributed by atoms with Gasteiger partial charge in [0.25, 0.3) is 5.91 Å². The lowest BCUT2D eigenvalue weighted by molar-refractivity contribution is -0.140. The fourth-order valence-electron chi connectivity index (χ4n) is 2.78. The molecule has 2 rings (SSSR count). The Balaban J connectivity index is 1.91. The first kappa shape index (κ1) is 16.0. The highest BCUT2D eigenvalue weighted by atomic mass is 79.9. The van der Waals surface area contributed by atoms with Crippen LogP contribution in [-0.2, 0) is 9.53 Å². The molecule has 1 aromatic rings. The number of carbonyl (C=O) groups is 2. The number of rotatable bonds is 3. The third kappa shape index (κ3) is 4.06. The van der Waals surface area contributed by atoms with Crippen molar-refractivity contribution >= 4 is 27.8 Å². The van der Waals surface area contributed by atoms with Gasteiger partial charge in [0.2, 0.25) is 0 Å². The van der Waals surface area contributed by atoms with Gasteiger partial charge < -0.3 is 9.64 Å². The summed E-state index contributed by atoms with van der Waals surface area (Å²) in [5.74, 6) is -0.576. The molecule has 1 heterocycles. The minimum absolute atomic E-state index is 0.111. The molecule has 114 valence electrons. The largest absolute Gasteiger partial charge is 0.452 e. The molecule has 1 aliphatic heterocycles. The molecular formula is C16H20BrNO3. The Morgan fingerprint density at radius 3 is 2.33 bits per heavy atom. The molecule has 0 aliphatic carbocycles. The standard InChI is InChI=1S/C16H20BrNO3/c1-11-4-3-5-12(2)18(11)15(19)10-21-16(20)13-6-8-14(17)9-7-13/h6-9,11-12H,3-5,10H2,1-2H3/t11-,12-/m1/s1. The lowest BCUT2D eigenvalue weighted by atomic mass is 9.97. The van der Waals surface area contributed by atoms with Crippen molar-refractivity contribution in [1.82, 2.24) is 4.90 Å². The van der Waals surface area contributed by atoms with Crippen LogP contribution in [0.4, 0.5) is 0 Å². The lowest BCUT2D eigenvalue weighted by Crippen LogP contribution is -2.49. The fourth-order valence-corrected chi connectivity index (χ4v) is 3.05. The van der Waals surface area contributed by atoms with Crippen molar-refractivity contribution in [1.29, 1.82) is 0 Å². The van der Waals surface area contributed by atoms with Crippen molar-refractivity contribution in [3.05, 3.63) is 34.3 Å². The topological polar surface area (TPSA) is 46.6 Å². The predicted octanol–water partition coefficient (Wildman–Crippen LogP) is 3.40. The molecular weight excluding hydrogens is 334 g/mol. The second-order valence-corrected chi connectivity index (χ2v) is 6.43. The number of hydrogen-bond donors (Lipinski definition) is 0. The highest BCUT2D eigenvalue weighted by molar-refractivity contribution is 9.10. The summed E-state index contributed by atoms with van der Waals surface area (Å²) in [5.41, 5.74) is 0.450. The molecule has 0 N–H and O–H groups in total. The Hall–Kier alpha value is -1.36. The van der Waals surface area contributed by atoms with E-state index in [1.807, 2.05) is 18.7 Å². The first-order valence-corrected chi connectivity index (χ1v) is 8.02. The van der Waals surface area contributed by atoms with Crippen molar-refractivity contribution in [2.24, 2.45) is 0 Å². The molecule has 0 radical (unpaired) electrons. The van der Waals surface area contributed by atoms with Crippen LogP contribution in [0.1, 0.15) is 43.5 Å². The zero-order valence-corrected chi connectivity index (χ0v) is 13.9. The van der Waals surface area contributed by atoms with Crippen molar-refractivity contribution in [3.8, 4) is 0 Å². The first-order valence-electron chi connectivity index (χ1n) is 7.23. The molecule has 0 spiro atoms. The number of piperidine rings is 1. The number of hydrogen-bond acceptors (Lipinski definition) is 3. The maximum atomic E-state index is 12.3. The second kappa shape index (κ2) is 7.07. The molecule has 21 heavy (non-hydrogen) atoms. The van der Waals surface area contributed by atoms with Gasteiger partial charge in [0, 0.05) is 16.6 Å². The average Bonchev–Trinajstić information content (AvgIpc) is 2.45. The van der Waals surface area contributed by atoms with E-state index in [9.17, 15) is 9.59 Å². The molecule has 1 aliphatic rings. The number of amides is 1. The summed E-state index contributed by atoms with van der Waals surface area (Å²) in [6.07, 6.45) is 3.16. The zero-order valence-electron chi connectivity index (χ0n) is 12.3. The Bertz CT molecular complexity index is 505. The van der Waals surface area contributed by atoms with Crippen LogP contribution in [0.3, 0.4) is 0 Å². The summed E-state index contributed by atoms with van der Waals surface area (Å²) in [7, 11) is 0. The number of ether oxygens (including phenoxy) is 1. The average molecular weight is 354 g/mol. The van der Waals surface area contributed by atoms with Gasteiger partial charge >= 0.3 is 5.97 Å². The normalized spacial score (nSPS) is 22.0. The molecule has 1 amide bonds. The van der Waals surface area contributed by atoms with E-state index >= 15 is 0 Å². The molecule has 0 aromatic heterocycles. The first-order chi connectivity index (χ1) is 9.99. The summed E-state index contributed by atoms with van der Waals surface area (Å²) in [6, 6.07) is 7.31. The van der Waals surface area contributed by atoms with Gasteiger partial charge in [0.05, 0.1) is 5.56 Å². The van der Waals surface area contributed by atoms with Crippen LogP contribution >= 0.6 is 15.9 Å². The molecule has 1 aromatic carbocycles. The van der Waals surface area contributed by atoms with Crippen molar-refractivity contribution in [3.63, 3.8) is 0 Å².